The number of hydrogen-bond acceptors (Lipinski definition) is 17. The van der Waals surface area contributed by atoms with E-state index >= 15 is 0 Å². The molecule has 0 aliphatic carbocycles. The van der Waals surface area contributed by atoms with E-state index in [0.29, 0.717) is 60.2 Å². The summed E-state index contributed by atoms with van der Waals surface area (Å²) in [5.74, 6) is -0.839. The van der Waals surface area contributed by atoms with E-state index in [9.17, 15) is 48.9 Å². The highest BCUT2D eigenvalue weighted by atomic mass is 16.6. The molecule has 85 heavy (non-hydrogen) atoms. The summed E-state index contributed by atoms with van der Waals surface area (Å²) in [6.07, 6.45) is -0.574. The van der Waals surface area contributed by atoms with Crippen molar-refractivity contribution in [2.75, 3.05) is 68.8 Å². The Morgan fingerprint density at radius 3 is 2.07 bits per heavy atom. The van der Waals surface area contributed by atoms with E-state index in [0.717, 1.165) is 9.80 Å². The number of nitrogens with one attached hydrogen (secondary N) is 3. The fraction of sp³-hybridized carbons (Fsp3) is 0.431. The second-order valence-electron chi connectivity index (χ2n) is 21.0. The minimum absolute atomic E-state index is 0.00426. The number of methoxy groups -OCH3 is 2. The summed E-state index contributed by atoms with van der Waals surface area (Å²) in [5, 5.41) is 50.0. The molecule has 6 atom stereocenters. The number of carbonyl (C=O) groups is 7. The number of carboxylic acid groups (broad SMARTS) is 1. The minimum Gasteiger partial charge on any atom is -0.493 e. The van der Waals surface area contributed by atoms with Gasteiger partial charge in [0.05, 0.1) is 74.3 Å². The number of carbonyl (C=O) groups excluding carboxylic acids is 6. The van der Waals surface area contributed by atoms with Gasteiger partial charge < -0.3 is 75.2 Å². The monoisotopic (exact) mass is 1180 g/mol. The quantitative estimate of drug-likeness (QED) is 0.0313. The van der Waals surface area contributed by atoms with E-state index in [4.69, 9.17) is 34.2 Å². The van der Waals surface area contributed by atoms with Crippen LogP contribution in [0.25, 0.3) is 0 Å². The Morgan fingerprint density at radius 2 is 1.47 bits per heavy atom. The molecular formula is C58H71N11O16. The van der Waals surface area contributed by atoms with Gasteiger partial charge in [0.2, 0.25) is 5.91 Å². The lowest BCUT2D eigenvalue weighted by molar-refractivity contribution is -0.119. The number of hydrogen-bond donors (Lipinski definition) is 7. The van der Waals surface area contributed by atoms with Gasteiger partial charge in [-0.1, -0.05) is 62.6 Å². The molecule has 27 heteroatoms. The highest BCUT2D eigenvalue weighted by Crippen LogP contribution is 2.44. The second-order valence-corrected chi connectivity index (χ2v) is 21.0. The highest BCUT2D eigenvalue weighted by Gasteiger charge is 2.48. The van der Waals surface area contributed by atoms with Crippen LogP contribution in [0, 0.1) is 5.92 Å². The number of aromatic nitrogens is 3. The third-order valence-corrected chi connectivity index (χ3v) is 14.9. The van der Waals surface area contributed by atoms with E-state index in [-0.39, 0.29) is 110 Å². The fourth-order valence-corrected chi connectivity index (χ4v) is 10.6. The summed E-state index contributed by atoms with van der Waals surface area (Å²) in [6, 6.07) is 8.10. The molecule has 0 saturated carbocycles. The Hall–Kier alpha value is -9.37. The van der Waals surface area contributed by atoms with Crippen molar-refractivity contribution < 1.29 is 77.3 Å². The zero-order valence-electron chi connectivity index (χ0n) is 47.7. The van der Waals surface area contributed by atoms with Crippen molar-refractivity contribution in [2.45, 2.75) is 102 Å². The number of aliphatic hydroxyl groups is 2. The van der Waals surface area contributed by atoms with Crippen LogP contribution in [0.5, 0.6) is 23.0 Å². The molecule has 1 aromatic heterocycles. The Labute approximate surface area is 489 Å². The van der Waals surface area contributed by atoms with Crippen LogP contribution in [0.15, 0.2) is 91.7 Å². The van der Waals surface area contributed by atoms with Gasteiger partial charge in [0.25, 0.3) is 11.8 Å². The number of aliphatic hydroxyl groups excluding tert-OH is 2. The standard InChI is InChI=1S/C58H71N11O16/c1-8-21-84-56(76)62-48(32(2)3)39-30-67(64-63-39)40(13-12-19-60-55(59)75)50(70)61-36-16-14-35(15-17-36)31-85-58(79)69-42-28-47(45(81-7)26-38(42)51(71)65-20-18-34(5)49(65)54(69)74)83-23-11-9-10-22-82-46-27-41-37(25-44(46)80-6)52(72)66-29-33(4)24-43(66)53(73)68(41)57(77)78/h8,14-17,25-28,30,32,40,43,48-49,53-54,73-74H,1,4-5,9-13,18-24,29,31H2,2-3,6-7H3,(H,61,70)(H,62,76)(H,77,78)(H3,59,60,75)/t40?,43-,48?,49-,53-,54-/m0/s1. The average Bonchev–Trinajstić information content (AvgIpc) is 2.13. The number of unbranched alkanes of at least 4 members (excludes halogenated alkanes) is 2. The van der Waals surface area contributed by atoms with E-state index in [1.165, 1.54) is 59.0 Å². The van der Waals surface area contributed by atoms with Crippen molar-refractivity contribution >= 4 is 59.1 Å². The molecule has 8 N–H and O–H groups in total. The number of nitrogens with zero attached hydrogens (tertiary/aromatic N) is 7. The first kappa shape index (κ1) is 61.7. The SMILES string of the molecule is C=CCOC(=O)NC(c1cn(C(CCCNC(N)=O)C(=O)Nc2ccc(COC(=O)N3c4cc(OCCCCCOc5cc6c(cc5OC)C(=O)N5CC(=C)C[C@H]5[C@H](O)N6C(=O)O)c(OC)cc4C(=O)N4CCC(=C)[C@H]4[C@@H]3O)cc2)nn1)C(C)C. The van der Waals surface area contributed by atoms with Gasteiger partial charge in [0.1, 0.15) is 24.9 Å². The van der Waals surface area contributed by atoms with E-state index in [2.05, 4.69) is 46.0 Å². The van der Waals surface area contributed by atoms with Gasteiger partial charge in [-0.15, -0.1) is 5.10 Å². The number of anilines is 3. The lowest BCUT2D eigenvalue weighted by Gasteiger charge is -2.32. The molecule has 4 aromatic rings. The predicted octanol–water partition coefficient (Wildman–Crippen LogP) is 5.99. The van der Waals surface area contributed by atoms with Gasteiger partial charge in [-0.25, -0.2) is 33.7 Å². The number of fused-ring (bicyclic) bond motifs is 4. The number of rotatable bonds is 24. The molecule has 2 saturated heterocycles. The Balaban J connectivity index is 0.914. The lowest BCUT2D eigenvalue weighted by atomic mass is 10.0. The van der Waals surface area contributed by atoms with Crippen molar-refractivity contribution in [2.24, 2.45) is 11.7 Å². The van der Waals surface area contributed by atoms with Crippen molar-refractivity contribution in [1.82, 2.24) is 35.4 Å². The zero-order chi connectivity index (χ0) is 61.2. The van der Waals surface area contributed by atoms with E-state index < -0.39 is 78.7 Å². The first-order valence-electron chi connectivity index (χ1n) is 27.6. The smallest absolute Gasteiger partial charge is 0.416 e. The average molecular weight is 1180 g/mol. The highest BCUT2D eigenvalue weighted by molar-refractivity contribution is 6.07. The van der Waals surface area contributed by atoms with Gasteiger partial charge in [-0.05, 0) is 86.3 Å². The maximum absolute atomic E-state index is 14.3. The topological polar surface area (TPSA) is 341 Å². The van der Waals surface area contributed by atoms with E-state index in [1.54, 1.807) is 30.5 Å². The summed E-state index contributed by atoms with van der Waals surface area (Å²) in [4.78, 5) is 97.1. The van der Waals surface area contributed by atoms with Crippen LogP contribution in [-0.4, -0.2) is 160 Å². The number of ether oxygens (including phenoxy) is 6. The molecule has 0 spiro atoms. The number of primary amides is 1. The molecule has 0 radical (unpaired) electrons. The molecule has 5 heterocycles. The van der Waals surface area contributed by atoms with Crippen LogP contribution in [0.2, 0.25) is 0 Å². The molecule has 2 fully saturated rings. The first-order chi connectivity index (χ1) is 40.7. The number of urea groups is 1. The number of alkyl carbamates (subject to hydrolysis) is 1. The molecule has 8 amide bonds. The van der Waals surface area contributed by atoms with Crippen molar-refractivity contribution in [3.05, 3.63) is 114 Å². The number of benzene rings is 3. The Morgan fingerprint density at radius 1 is 0.835 bits per heavy atom. The predicted molar refractivity (Wildman–Crippen MR) is 306 cm³/mol. The van der Waals surface area contributed by atoms with Crippen LogP contribution < -0.4 is 50.4 Å². The maximum Gasteiger partial charge on any atom is 0.416 e. The maximum atomic E-state index is 14.3. The normalized spacial score (nSPS) is 18.7. The van der Waals surface area contributed by atoms with Crippen LogP contribution in [-0.2, 0) is 20.9 Å². The van der Waals surface area contributed by atoms with Crippen LogP contribution in [0.4, 0.5) is 36.2 Å². The summed E-state index contributed by atoms with van der Waals surface area (Å²) in [5.41, 5.74) is 7.79. The van der Waals surface area contributed by atoms with Crippen LogP contribution >= 0.6 is 0 Å². The summed E-state index contributed by atoms with van der Waals surface area (Å²) in [7, 11) is 2.80. The largest absolute Gasteiger partial charge is 0.493 e. The van der Waals surface area contributed by atoms with Gasteiger partial charge in [0, 0.05) is 37.5 Å². The molecular weight excluding hydrogens is 1110 g/mol. The third-order valence-electron chi connectivity index (χ3n) is 14.9. The second kappa shape index (κ2) is 27.3. The van der Waals surface area contributed by atoms with Gasteiger partial charge in [0.15, 0.2) is 35.5 Å². The zero-order valence-corrected chi connectivity index (χ0v) is 47.7. The van der Waals surface area contributed by atoms with E-state index in [1.807, 2.05) is 13.8 Å². The molecule has 8 rings (SSSR count). The van der Waals surface area contributed by atoms with Crippen molar-refractivity contribution in [3.63, 3.8) is 0 Å². The Bertz CT molecular complexity index is 3200. The lowest BCUT2D eigenvalue weighted by Crippen LogP contribution is -2.51. The molecule has 0 bridgehead atoms. The number of amides is 8. The Kier molecular flexibility index (Phi) is 19.9. The third kappa shape index (κ3) is 13.8. The van der Waals surface area contributed by atoms with Crippen molar-refractivity contribution in [1.29, 1.82) is 0 Å². The molecule has 4 aliphatic rings. The summed E-state index contributed by atoms with van der Waals surface area (Å²) in [6.45, 7) is 15.9. The minimum atomic E-state index is -1.62. The van der Waals surface area contributed by atoms with Crippen LogP contribution in [0.3, 0.4) is 0 Å². The molecule has 27 nitrogen and oxygen atoms in total. The van der Waals surface area contributed by atoms with Crippen LogP contribution in [0.1, 0.15) is 103 Å². The fourth-order valence-electron chi connectivity index (χ4n) is 10.6. The summed E-state index contributed by atoms with van der Waals surface area (Å²) >= 11 is 0. The molecule has 454 valence electrons. The number of nitrogens with two attached hydrogens (primary N) is 1. The van der Waals surface area contributed by atoms with Gasteiger partial charge in [-0.2, -0.15) is 0 Å². The van der Waals surface area contributed by atoms with Gasteiger partial charge in [-0.3, -0.25) is 14.4 Å². The summed E-state index contributed by atoms with van der Waals surface area (Å²) < 4.78 is 35.8. The molecule has 4 aliphatic heterocycles. The molecule has 3 aromatic carbocycles. The van der Waals surface area contributed by atoms with Crippen molar-refractivity contribution in [3.8, 4) is 23.0 Å². The van der Waals surface area contributed by atoms with Gasteiger partial charge >= 0.3 is 24.3 Å². The molecule has 2 unspecified atom stereocenters. The first-order valence-corrected chi connectivity index (χ1v) is 27.6.